The normalized spacial score (nSPS) is 14.8. The van der Waals surface area contributed by atoms with Crippen molar-refractivity contribution in [3.8, 4) is 0 Å². The van der Waals surface area contributed by atoms with Gasteiger partial charge in [-0.1, -0.05) is 11.6 Å². The molecular formula is C16H19ClN2O2. The number of carbonyl (C=O) groups is 2. The molecule has 2 amide bonds. The highest BCUT2D eigenvalue weighted by atomic mass is 35.5. The molecule has 2 rings (SSSR count). The van der Waals surface area contributed by atoms with Gasteiger partial charge in [-0.15, -0.1) is 0 Å². The quantitative estimate of drug-likeness (QED) is 0.932. The Morgan fingerprint density at radius 1 is 1.05 bits per heavy atom. The van der Waals surface area contributed by atoms with Gasteiger partial charge in [-0.3, -0.25) is 9.59 Å². The second kappa shape index (κ2) is 6.76. The summed E-state index contributed by atoms with van der Waals surface area (Å²) in [5.41, 5.74) is 1.92. The van der Waals surface area contributed by atoms with E-state index in [0.717, 1.165) is 12.8 Å². The van der Waals surface area contributed by atoms with Crippen LogP contribution in [-0.2, 0) is 9.59 Å². The first-order chi connectivity index (χ1) is 9.99. The van der Waals surface area contributed by atoms with Gasteiger partial charge in [0, 0.05) is 36.0 Å². The number of nitrogens with zero attached hydrogens (tertiary/aromatic N) is 1. The van der Waals surface area contributed by atoms with Gasteiger partial charge in [0.1, 0.15) is 0 Å². The average molecular weight is 307 g/mol. The molecule has 0 radical (unpaired) electrons. The SMILES string of the molecule is CN(C)C(=O)C1=C(C(=O)Nc2ccc(Cl)cc2)CCCC1. The fraction of sp³-hybridized carbons (Fsp3) is 0.375. The van der Waals surface area contributed by atoms with E-state index in [2.05, 4.69) is 5.32 Å². The number of hydrogen-bond acceptors (Lipinski definition) is 2. The molecule has 0 unspecified atom stereocenters. The van der Waals surface area contributed by atoms with E-state index < -0.39 is 0 Å². The standard InChI is InChI=1S/C16H19ClN2O2/c1-19(2)16(21)14-6-4-3-5-13(14)15(20)18-12-9-7-11(17)8-10-12/h7-10H,3-6H2,1-2H3,(H,18,20). The van der Waals surface area contributed by atoms with Crippen molar-refractivity contribution in [2.24, 2.45) is 0 Å². The summed E-state index contributed by atoms with van der Waals surface area (Å²) in [6, 6.07) is 6.94. The van der Waals surface area contributed by atoms with Crippen LogP contribution in [0.1, 0.15) is 25.7 Å². The molecule has 5 heteroatoms. The minimum Gasteiger partial charge on any atom is -0.345 e. The van der Waals surface area contributed by atoms with Crippen molar-refractivity contribution in [1.29, 1.82) is 0 Å². The molecule has 0 aromatic heterocycles. The molecule has 0 atom stereocenters. The Morgan fingerprint density at radius 3 is 2.19 bits per heavy atom. The van der Waals surface area contributed by atoms with Crippen molar-refractivity contribution in [2.75, 3.05) is 19.4 Å². The van der Waals surface area contributed by atoms with E-state index in [0.29, 0.717) is 34.7 Å². The first kappa shape index (κ1) is 15.6. The fourth-order valence-corrected chi connectivity index (χ4v) is 2.53. The molecule has 0 spiro atoms. The summed E-state index contributed by atoms with van der Waals surface area (Å²) < 4.78 is 0. The van der Waals surface area contributed by atoms with E-state index in [1.807, 2.05) is 0 Å². The van der Waals surface area contributed by atoms with Gasteiger partial charge in [-0.25, -0.2) is 0 Å². The highest BCUT2D eigenvalue weighted by molar-refractivity contribution is 6.30. The van der Waals surface area contributed by atoms with Gasteiger partial charge in [0.15, 0.2) is 0 Å². The number of amides is 2. The molecule has 1 aliphatic rings. The molecule has 0 bridgehead atoms. The van der Waals surface area contributed by atoms with Crippen LogP contribution in [0.3, 0.4) is 0 Å². The smallest absolute Gasteiger partial charge is 0.252 e. The summed E-state index contributed by atoms with van der Waals surface area (Å²) >= 11 is 5.82. The minimum absolute atomic E-state index is 0.0732. The lowest BCUT2D eigenvalue weighted by Crippen LogP contribution is -2.28. The number of anilines is 1. The number of likely N-dealkylation sites (N-methyl/N-ethyl adjacent to an activating group) is 1. The van der Waals surface area contributed by atoms with Crippen molar-refractivity contribution >= 4 is 29.1 Å². The topological polar surface area (TPSA) is 49.4 Å². The number of nitrogens with one attached hydrogen (secondary N) is 1. The molecule has 112 valence electrons. The average Bonchev–Trinajstić information content (AvgIpc) is 2.48. The Bertz CT molecular complexity index is 576. The summed E-state index contributed by atoms with van der Waals surface area (Å²) in [7, 11) is 3.41. The lowest BCUT2D eigenvalue weighted by molar-refractivity contribution is -0.125. The van der Waals surface area contributed by atoms with Gasteiger partial charge >= 0.3 is 0 Å². The zero-order valence-electron chi connectivity index (χ0n) is 12.3. The first-order valence-electron chi connectivity index (χ1n) is 6.99. The van der Waals surface area contributed by atoms with Crippen LogP contribution in [0.4, 0.5) is 5.69 Å². The van der Waals surface area contributed by atoms with Gasteiger partial charge in [0.25, 0.3) is 5.91 Å². The second-order valence-electron chi connectivity index (χ2n) is 5.32. The van der Waals surface area contributed by atoms with E-state index in [4.69, 9.17) is 11.6 Å². The largest absolute Gasteiger partial charge is 0.345 e. The maximum Gasteiger partial charge on any atom is 0.252 e. The number of benzene rings is 1. The summed E-state index contributed by atoms with van der Waals surface area (Å²) in [5.74, 6) is -0.266. The molecule has 1 aromatic rings. The zero-order valence-corrected chi connectivity index (χ0v) is 13.0. The van der Waals surface area contributed by atoms with E-state index in [9.17, 15) is 9.59 Å². The van der Waals surface area contributed by atoms with E-state index in [-0.39, 0.29) is 11.8 Å². The van der Waals surface area contributed by atoms with Crippen molar-refractivity contribution in [1.82, 2.24) is 4.90 Å². The Morgan fingerprint density at radius 2 is 1.62 bits per heavy atom. The number of carbonyl (C=O) groups excluding carboxylic acids is 2. The minimum atomic E-state index is -0.192. The summed E-state index contributed by atoms with van der Waals surface area (Å²) in [6.45, 7) is 0. The molecule has 4 nitrogen and oxygen atoms in total. The molecule has 1 aliphatic carbocycles. The molecule has 0 heterocycles. The molecule has 1 aromatic carbocycles. The van der Waals surface area contributed by atoms with E-state index >= 15 is 0 Å². The predicted octanol–water partition coefficient (Wildman–Crippen LogP) is 3.24. The summed E-state index contributed by atoms with van der Waals surface area (Å²) in [6.07, 6.45) is 3.20. The van der Waals surface area contributed by atoms with Gasteiger partial charge in [0.2, 0.25) is 5.91 Å². The van der Waals surface area contributed by atoms with Crippen LogP contribution in [0.15, 0.2) is 35.4 Å². The summed E-state index contributed by atoms with van der Waals surface area (Å²) in [4.78, 5) is 26.1. The lowest BCUT2D eigenvalue weighted by Gasteiger charge is -2.21. The molecule has 0 saturated heterocycles. The zero-order chi connectivity index (χ0) is 15.4. The Kier molecular flexibility index (Phi) is 5.02. The third kappa shape index (κ3) is 3.85. The monoisotopic (exact) mass is 306 g/mol. The van der Waals surface area contributed by atoms with Crippen LogP contribution in [-0.4, -0.2) is 30.8 Å². The predicted molar refractivity (Wildman–Crippen MR) is 84.3 cm³/mol. The third-order valence-corrected chi connectivity index (χ3v) is 3.76. The Hall–Kier alpha value is -1.81. The maximum atomic E-state index is 12.4. The van der Waals surface area contributed by atoms with Gasteiger partial charge < -0.3 is 10.2 Å². The molecule has 21 heavy (non-hydrogen) atoms. The number of hydrogen-bond donors (Lipinski definition) is 1. The molecule has 1 N–H and O–H groups in total. The van der Waals surface area contributed by atoms with Crippen LogP contribution in [0.25, 0.3) is 0 Å². The van der Waals surface area contributed by atoms with Crippen LogP contribution >= 0.6 is 11.6 Å². The van der Waals surface area contributed by atoms with Crippen LogP contribution in [0, 0.1) is 0 Å². The third-order valence-electron chi connectivity index (χ3n) is 3.51. The van der Waals surface area contributed by atoms with Gasteiger partial charge in [0.05, 0.1) is 0 Å². The van der Waals surface area contributed by atoms with Gasteiger partial charge in [-0.05, 0) is 49.9 Å². The van der Waals surface area contributed by atoms with Crippen LogP contribution in [0.2, 0.25) is 5.02 Å². The first-order valence-corrected chi connectivity index (χ1v) is 7.37. The van der Waals surface area contributed by atoms with Crippen molar-refractivity contribution < 1.29 is 9.59 Å². The second-order valence-corrected chi connectivity index (χ2v) is 5.76. The molecule has 0 fully saturated rings. The highest BCUT2D eigenvalue weighted by Crippen LogP contribution is 2.27. The van der Waals surface area contributed by atoms with Crippen molar-refractivity contribution in [3.05, 3.63) is 40.4 Å². The number of halogens is 1. The van der Waals surface area contributed by atoms with Crippen LogP contribution < -0.4 is 5.32 Å². The molecular weight excluding hydrogens is 288 g/mol. The molecule has 0 saturated carbocycles. The highest BCUT2D eigenvalue weighted by Gasteiger charge is 2.24. The van der Waals surface area contributed by atoms with E-state index in [1.54, 1.807) is 38.4 Å². The van der Waals surface area contributed by atoms with E-state index in [1.165, 1.54) is 4.90 Å². The Labute approximate surface area is 129 Å². The van der Waals surface area contributed by atoms with Crippen LogP contribution in [0.5, 0.6) is 0 Å². The van der Waals surface area contributed by atoms with Gasteiger partial charge in [-0.2, -0.15) is 0 Å². The maximum absolute atomic E-state index is 12.4. The summed E-state index contributed by atoms with van der Waals surface area (Å²) in [5, 5.41) is 3.46. The van der Waals surface area contributed by atoms with Crippen molar-refractivity contribution in [2.45, 2.75) is 25.7 Å². The number of rotatable bonds is 3. The lowest BCUT2D eigenvalue weighted by atomic mass is 9.90. The molecule has 0 aliphatic heterocycles. The Balaban J connectivity index is 2.22. The van der Waals surface area contributed by atoms with Crippen molar-refractivity contribution in [3.63, 3.8) is 0 Å². The fourth-order valence-electron chi connectivity index (χ4n) is 2.40.